The molecule has 0 aliphatic heterocycles. The largest absolute Gasteiger partial charge is 0.478 e. The van der Waals surface area contributed by atoms with E-state index in [2.05, 4.69) is 4.98 Å². The second-order valence-corrected chi connectivity index (χ2v) is 7.23. The lowest BCUT2D eigenvalue weighted by atomic mass is 10.2. The second kappa shape index (κ2) is 8.76. The van der Waals surface area contributed by atoms with E-state index in [1.54, 1.807) is 23.9 Å². The van der Waals surface area contributed by atoms with Crippen molar-refractivity contribution in [3.8, 4) is 0 Å². The van der Waals surface area contributed by atoms with Crippen molar-refractivity contribution in [2.75, 3.05) is 24.2 Å². The fraction of sp³-hybridized carbons (Fsp3) is 0.300. The molecule has 0 aliphatic carbocycles. The molecule has 1 N–H and O–H groups in total. The molecule has 136 valence electrons. The van der Waals surface area contributed by atoms with Gasteiger partial charge in [0.25, 0.3) is 6.01 Å². The van der Waals surface area contributed by atoms with E-state index in [0.29, 0.717) is 11.6 Å². The van der Waals surface area contributed by atoms with Gasteiger partial charge in [-0.05, 0) is 42.9 Å². The first-order chi connectivity index (χ1) is 12.6. The minimum Gasteiger partial charge on any atom is -0.478 e. The summed E-state index contributed by atoms with van der Waals surface area (Å²) in [5.74, 6) is 0.0460. The Balaban J connectivity index is 1.40. The molecule has 0 spiro atoms. The molecule has 0 unspecified atom stereocenters. The predicted octanol–water partition coefficient (Wildman–Crippen LogP) is 4.92. The molecule has 0 fully saturated rings. The van der Waals surface area contributed by atoms with Gasteiger partial charge in [-0.25, -0.2) is 4.79 Å². The van der Waals surface area contributed by atoms with Crippen LogP contribution in [0.3, 0.4) is 0 Å². The first-order valence-corrected chi connectivity index (χ1v) is 9.65. The van der Waals surface area contributed by atoms with Gasteiger partial charge < -0.3 is 14.4 Å². The number of nitrogens with zero attached hydrogens (tertiary/aromatic N) is 2. The lowest BCUT2D eigenvalue weighted by Gasteiger charge is -2.13. The molecule has 0 amide bonds. The molecule has 3 aromatic rings. The highest BCUT2D eigenvalue weighted by Gasteiger charge is 2.10. The topological polar surface area (TPSA) is 66.6 Å². The maximum absolute atomic E-state index is 11.2. The Bertz CT molecular complexity index is 845. The molecule has 0 saturated carbocycles. The molecule has 6 heteroatoms. The second-order valence-electron chi connectivity index (χ2n) is 6.10. The van der Waals surface area contributed by atoms with E-state index < -0.39 is 5.97 Å². The Morgan fingerprint density at radius 2 is 1.88 bits per heavy atom. The van der Waals surface area contributed by atoms with E-state index in [1.807, 2.05) is 48.3 Å². The van der Waals surface area contributed by atoms with Crippen molar-refractivity contribution >= 4 is 34.8 Å². The number of anilines is 1. The predicted molar refractivity (Wildman–Crippen MR) is 105 cm³/mol. The number of thioether (sulfide) groups is 1. The number of unbranched alkanes of at least 4 members (excludes halogenated alkanes) is 2. The normalized spacial score (nSPS) is 11.0. The van der Waals surface area contributed by atoms with Crippen LogP contribution >= 0.6 is 11.8 Å². The van der Waals surface area contributed by atoms with Gasteiger partial charge >= 0.3 is 5.97 Å². The summed E-state index contributed by atoms with van der Waals surface area (Å²) in [5, 5.41) is 9.19. The van der Waals surface area contributed by atoms with Crippen LogP contribution in [0.15, 0.2) is 57.8 Å². The van der Waals surface area contributed by atoms with Gasteiger partial charge in [-0.3, -0.25) is 0 Å². The first kappa shape index (κ1) is 18.3. The highest BCUT2D eigenvalue weighted by molar-refractivity contribution is 7.99. The third kappa shape index (κ3) is 4.58. The lowest BCUT2D eigenvalue weighted by Crippen LogP contribution is -2.18. The quantitative estimate of drug-likeness (QED) is 0.426. The Labute approximate surface area is 157 Å². The zero-order chi connectivity index (χ0) is 18.4. The van der Waals surface area contributed by atoms with Gasteiger partial charge in [-0.1, -0.05) is 30.7 Å². The van der Waals surface area contributed by atoms with Crippen LogP contribution < -0.4 is 4.90 Å². The molecule has 5 nitrogen and oxygen atoms in total. The van der Waals surface area contributed by atoms with E-state index in [4.69, 9.17) is 4.42 Å². The number of carboxylic acid groups (broad SMARTS) is 1. The molecule has 0 atom stereocenters. The summed E-state index contributed by atoms with van der Waals surface area (Å²) in [7, 11) is 1.99. The Morgan fingerprint density at radius 1 is 1.12 bits per heavy atom. The van der Waals surface area contributed by atoms with Gasteiger partial charge in [0.2, 0.25) is 0 Å². The molecule has 2 aromatic carbocycles. The average molecular weight is 370 g/mol. The minimum absolute atomic E-state index is 0.383. The van der Waals surface area contributed by atoms with Crippen LogP contribution in [0.2, 0.25) is 0 Å². The van der Waals surface area contributed by atoms with E-state index >= 15 is 0 Å². The number of carbonyl (C=O) groups is 1. The molecule has 0 aliphatic rings. The number of para-hydroxylation sites is 2. The summed E-state index contributed by atoms with van der Waals surface area (Å²) in [6.45, 7) is 0.878. The van der Waals surface area contributed by atoms with Crippen LogP contribution in [0, 0.1) is 0 Å². The fourth-order valence-corrected chi connectivity index (χ4v) is 3.75. The highest BCUT2D eigenvalue weighted by Crippen LogP contribution is 2.24. The van der Waals surface area contributed by atoms with E-state index in [9.17, 15) is 9.90 Å². The third-order valence-corrected chi connectivity index (χ3v) is 5.28. The fourth-order valence-electron chi connectivity index (χ4n) is 2.70. The van der Waals surface area contributed by atoms with Gasteiger partial charge in [0.15, 0.2) is 5.58 Å². The number of rotatable bonds is 9. The maximum Gasteiger partial charge on any atom is 0.336 e. The molecule has 26 heavy (non-hydrogen) atoms. The van der Waals surface area contributed by atoms with Crippen LogP contribution in [0.4, 0.5) is 6.01 Å². The number of aromatic carboxylic acids is 1. The summed E-state index contributed by atoms with van der Waals surface area (Å²) in [6.07, 6.45) is 3.16. The van der Waals surface area contributed by atoms with Crippen LogP contribution in [0.1, 0.15) is 29.6 Å². The standard InChI is InChI=1S/C20H22N2O3S/c1-22(20-21-16-10-4-5-11-17(16)25-20)13-7-2-8-14-26-18-12-6-3-9-15(18)19(23)24/h3-6,9-12H,2,7-8,13-14H2,1H3,(H,23,24). The van der Waals surface area contributed by atoms with Crippen molar-refractivity contribution in [2.45, 2.75) is 24.2 Å². The smallest absolute Gasteiger partial charge is 0.336 e. The Morgan fingerprint density at radius 3 is 2.69 bits per heavy atom. The number of carboxylic acids is 1. The van der Waals surface area contributed by atoms with Crippen molar-refractivity contribution < 1.29 is 14.3 Å². The SMILES string of the molecule is CN(CCCCCSc1ccccc1C(=O)O)c1nc2ccccc2o1. The van der Waals surface area contributed by atoms with Gasteiger partial charge in [0.1, 0.15) is 5.52 Å². The minimum atomic E-state index is -0.868. The molecule has 1 aromatic heterocycles. The van der Waals surface area contributed by atoms with Crippen molar-refractivity contribution in [1.82, 2.24) is 4.98 Å². The highest BCUT2D eigenvalue weighted by atomic mass is 32.2. The summed E-state index contributed by atoms with van der Waals surface area (Å²) in [6, 6.07) is 15.6. The van der Waals surface area contributed by atoms with Crippen LogP contribution in [-0.2, 0) is 0 Å². The van der Waals surface area contributed by atoms with Gasteiger partial charge in [-0.15, -0.1) is 11.8 Å². The van der Waals surface area contributed by atoms with Crippen molar-refractivity contribution in [2.24, 2.45) is 0 Å². The molecular formula is C20H22N2O3S. The first-order valence-electron chi connectivity index (χ1n) is 8.67. The summed E-state index contributed by atoms with van der Waals surface area (Å²) in [5.41, 5.74) is 2.07. The van der Waals surface area contributed by atoms with Gasteiger partial charge in [0.05, 0.1) is 5.56 Å². The van der Waals surface area contributed by atoms with Crippen LogP contribution in [0.25, 0.3) is 11.1 Å². The third-order valence-electron chi connectivity index (χ3n) is 4.12. The van der Waals surface area contributed by atoms with E-state index in [0.717, 1.165) is 47.6 Å². The summed E-state index contributed by atoms with van der Waals surface area (Å²) >= 11 is 1.61. The number of oxazole rings is 1. The van der Waals surface area contributed by atoms with Gasteiger partial charge in [0, 0.05) is 18.5 Å². The molecular weight excluding hydrogens is 348 g/mol. The molecule has 1 heterocycles. The van der Waals surface area contributed by atoms with E-state index in [-0.39, 0.29) is 0 Å². The number of hydrogen-bond donors (Lipinski definition) is 1. The van der Waals surface area contributed by atoms with Gasteiger partial charge in [-0.2, -0.15) is 4.98 Å². The Hall–Kier alpha value is -2.47. The number of fused-ring (bicyclic) bond motifs is 1. The number of aromatic nitrogens is 1. The van der Waals surface area contributed by atoms with Crippen LogP contribution in [-0.4, -0.2) is 35.4 Å². The van der Waals surface area contributed by atoms with Crippen molar-refractivity contribution in [3.05, 3.63) is 54.1 Å². The summed E-state index contributed by atoms with van der Waals surface area (Å²) < 4.78 is 5.76. The zero-order valence-corrected chi connectivity index (χ0v) is 15.5. The van der Waals surface area contributed by atoms with E-state index in [1.165, 1.54) is 0 Å². The molecule has 0 saturated heterocycles. The van der Waals surface area contributed by atoms with Crippen molar-refractivity contribution in [3.63, 3.8) is 0 Å². The Kier molecular flexibility index (Phi) is 6.17. The van der Waals surface area contributed by atoms with Crippen LogP contribution in [0.5, 0.6) is 0 Å². The summed E-state index contributed by atoms with van der Waals surface area (Å²) in [4.78, 5) is 18.6. The molecule has 0 radical (unpaired) electrons. The monoisotopic (exact) mass is 370 g/mol. The zero-order valence-electron chi connectivity index (χ0n) is 14.7. The maximum atomic E-state index is 11.2. The molecule has 3 rings (SSSR count). The lowest BCUT2D eigenvalue weighted by molar-refractivity contribution is 0.0693. The number of benzene rings is 2. The number of hydrogen-bond acceptors (Lipinski definition) is 5. The van der Waals surface area contributed by atoms with Crippen molar-refractivity contribution in [1.29, 1.82) is 0 Å². The molecule has 0 bridgehead atoms. The average Bonchev–Trinajstić information content (AvgIpc) is 3.09.